The van der Waals surface area contributed by atoms with Gasteiger partial charge < -0.3 is 9.64 Å². The Kier molecular flexibility index (Phi) is 5.53. The fraction of sp³-hybridized carbons (Fsp3) is 0.333. The largest absolute Gasteiger partial charge is 0.494 e. The van der Waals surface area contributed by atoms with Crippen LogP contribution >= 0.6 is 11.8 Å². The van der Waals surface area contributed by atoms with Crippen LogP contribution in [0.4, 0.5) is 5.69 Å². The quantitative estimate of drug-likeness (QED) is 0.601. The van der Waals surface area contributed by atoms with Gasteiger partial charge in [-0.05, 0) is 66.4 Å². The molecule has 7 nitrogen and oxygen atoms in total. The van der Waals surface area contributed by atoms with E-state index in [0.29, 0.717) is 10.9 Å². The number of carbonyl (C=O) groups excluding carboxylic acids is 1. The minimum Gasteiger partial charge on any atom is -0.494 e. The first kappa shape index (κ1) is 19.4. The molecule has 4 rings (SSSR count). The van der Waals surface area contributed by atoms with Gasteiger partial charge in [0.25, 0.3) is 0 Å². The van der Waals surface area contributed by atoms with E-state index in [4.69, 9.17) is 4.74 Å². The number of carbonyl (C=O) groups is 1. The lowest BCUT2D eigenvalue weighted by atomic mass is 10.0. The van der Waals surface area contributed by atoms with E-state index in [2.05, 4.69) is 21.6 Å². The van der Waals surface area contributed by atoms with Crippen LogP contribution in [0.1, 0.15) is 24.5 Å². The predicted octanol–water partition coefficient (Wildman–Crippen LogP) is 3.44. The number of anilines is 1. The van der Waals surface area contributed by atoms with Gasteiger partial charge in [0.15, 0.2) is 0 Å². The maximum absolute atomic E-state index is 13.2. The highest BCUT2D eigenvalue weighted by Gasteiger charge is 2.28. The van der Waals surface area contributed by atoms with Gasteiger partial charge in [-0.1, -0.05) is 36.0 Å². The van der Waals surface area contributed by atoms with Gasteiger partial charge >= 0.3 is 0 Å². The van der Waals surface area contributed by atoms with Crippen molar-refractivity contribution in [3.63, 3.8) is 0 Å². The van der Waals surface area contributed by atoms with Gasteiger partial charge in [-0.3, -0.25) is 4.79 Å². The van der Waals surface area contributed by atoms with Crippen LogP contribution < -0.4 is 9.64 Å². The first-order valence-electron chi connectivity index (χ1n) is 9.58. The molecule has 1 aliphatic rings. The Labute approximate surface area is 174 Å². The zero-order valence-electron chi connectivity index (χ0n) is 16.7. The highest BCUT2D eigenvalue weighted by Crippen LogP contribution is 2.32. The molecule has 1 unspecified atom stereocenters. The summed E-state index contributed by atoms with van der Waals surface area (Å²) in [6, 6.07) is 13.9. The molecule has 0 aliphatic carbocycles. The third kappa shape index (κ3) is 3.85. The number of amides is 1. The minimum absolute atomic E-state index is 0.0629. The molecule has 0 radical (unpaired) electrons. The number of fused-ring (bicyclic) bond motifs is 1. The molecular weight excluding hydrogens is 386 g/mol. The lowest BCUT2D eigenvalue weighted by molar-refractivity contribution is -0.117. The van der Waals surface area contributed by atoms with Crippen molar-refractivity contribution in [3.8, 4) is 11.4 Å². The Morgan fingerprint density at radius 3 is 2.86 bits per heavy atom. The van der Waals surface area contributed by atoms with Gasteiger partial charge in [0.1, 0.15) is 11.4 Å². The number of tetrazole rings is 1. The Morgan fingerprint density at radius 2 is 2.03 bits per heavy atom. The second kappa shape index (κ2) is 8.24. The normalized spacial score (nSPS) is 14.4. The van der Waals surface area contributed by atoms with Gasteiger partial charge in [0.2, 0.25) is 11.1 Å². The summed E-state index contributed by atoms with van der Waals surface area (Å²) in [5.41, 5.74) is 4.05. The lowest BCUT2D eigenvalue weighted by Crippen LogP contribution is -2.40. The molecule has 2 heterocycles. The first-order chi connectivity index (χ1) is 14.1. The second-order valence-corrected chi connectivity index (χ2v) is 8.34. The predicted molar refractivity (Wildman–Crippen MR) is 113 cm³/mol. The summed E-state index contributed by atoms with van der Waals surface area (Å²) in [7, 11) is 1.62. The molecule has 1 aromatic heterocycles. The van der Waals surface area contributed by atoms with E-state index in [9.17, 15) is 4.79 Å². The fourth-order valence-electron chi connectivity index (χ4n) is 3.56. The Hall–Kier alpha value is -2.87. The van der Waals surface area contributed by atoms with Gasteiger partial charge in [0.05, 0.1) is 12.4 Å². The zero-order chi connectivity index (χ0) is 20.4. The third-order valence-corrected chi connectivity index (χ3v) is 6.03. The monoisotopic (exact) mass is 409 g/mol. The van der Waals surface area contributed by atoms with Crippen molar-refractivity contribution in [2.24, 2.45) is 0 Å². The summed E-state index contributed by atoms with van der Waals surface area (Å²) in [5.74, 6) is 0.738. The van der Waals surface area contributed by atoms with Gasteiger partial charge in [-0.2, -0.15) is 4.68 Å². The van der Waals surface area contributed by atoms with Gasteiger partial charge in [-0.15, -0.1) is 5.10 Å². The SMILES string of the molecule is COc1ccc(C)cc1-n1nnnc1SC(C)C(=O)N1CCCc2ccccc21. The molecule has 0 spiro atoms. The van der Waals surface area contributed by atoms with Gasteiger partial charge in [-0.25, -0.2) is 0 Å². The molecule has 0 fully saturated rings. The summed E-state index contributed by atoms with van der Waals surface area (Å²) in [5, 5.41) is 12.3. The van der Waals surface area contributed by atoms with Crippen LogP contribution in [0.25, 0.3) is 5.69 Å². The maximum Gasteiger partial charge on any atom is 0.240 e. The van der Waals surface area contributed by atoms with E-state index in [1.165, 1.54) is 17.3 Å². The van der Waals surface area contributed by atoms with Crippen molar-refractivity contribution in [3.05, 3.63) is 53.6 Å². The number of nitrogens with zero attached hydrogens (tertiary/aromatic N) is 5. The number of rotatable bonds is 5. The average molecular weight is 410 g/mol. The molecule has 0 saturated carbocycles. The third-order valence-electron chi connectivity index (χ3n) is 5.01. The second-order valence-electron chi connectivity index (χ2n) is 7.03. The Bertz CT molecular complexity index is 1040. The number of hydrogen-bond acceptors (Lipinski definition) is 6. The number of para-hydroxylation sites is 1. The van der Waals surface area contributed by atoms with Crippen molar-refractivity contribution >= 4 is 23.4 Å². The van der Waals surface area contributed by atoms with Crippen LogP contribution in [0, 0.1) is 6.92 Å². The average Bonchev–Trinajstić information content (AvgIpc) is 3.20. The number of benzene rings is 2. The molecule has 29 heavy (non-hydrogen) atoms. The number of hydrogen-bond donors (Lipinski definition) is 0. The summed E-state index contributed by atoms with van der Waals surface area (Å²) in [6.07, 6.45) is 1.98. The van der Waals surface area contributed by atoms with Crippen molar-refractivity contribution in [1.29, 1.82) is 0 Å². The molecule has 1 amide bonds. The minimum atomic E-state index is -0.332. The van der Waals surface area contributed by atoms with Crippen molar-refractivity contribution in [2.75, 3.05) is 18.6 Å². The summed E-state index contributed by atoms with van der Waals surface area (Å²) < 4.78 is 7.09. The van der Waals surface area contributed by atoms with Crippen molar-refractivity contribution in [1.82, 2.24) is 20.2 Å². The maximum atomic E-state index is 13.2. The van der Waals surface area contributed by atoms with Crippen molar-refractivity contribution in [2.45, 2.75) is 37.1 Å². The van der Waals surface area contributed by atoms with E-state index in [1.54, 1.807) is 11.8 Å². The topological polar surface area (TPSA) is 73.1 Å². The Morgan fingerprint density at radius 1 is 1.21 bits per heavy atom. The molecule has 2 aromatic carbocycles. The molecule has 150 valence electrons. The Balaban J connectivity index is 1.58. The molecule has 0 saturated heterocycles. The fourth-order valence-corrected chi connectivity index (χ4v) is 4.42. The number of methoxy groups -OCH3 is 1. The van der Waals surface area contributed by atoms with E-state index in [1.807, 2.05) is 55.1 Å². The highest BCUT2D eigenvalue weighted by molar-refractivity contribution is 8.00. The standard InChI is InChI=1S/C21H23N5O2S/c1-14-10-11-19(28-3)18(13-14)26-21(22-23-24-26)29-15(2)20(27)25-12-6-8-16-7-4-5-9-17(16)25/h4-5,7,9-11,13,15H,6,8,12H2,1-3H3. The first-order valence-corrected chi connectivity index (χ1v) is 10.5. The van der Waals surface area contributed by atoms with Gasteiger partial charge in [0, 0.05) is 12.2 Å². The highest BCUT2D eigenvalue weighted by atomic mass is 32.2. The van der Waals surface area contributed by atoms with E-state index in [-0.39, 0.29) is 11.2 Å². The van der Waals surface area contributed by atoms with Crippen molar-refractivity contribution < 1.29 is 9.53 Å². The molecule has 0 N–H and O–H groups in total. The molecule has 8 heteroatoms. The van der Waals surface area contributed by atoms with Crippen LogP contribution in [0.15, 0.2) is 47.6 Å². The smallest absolute Gasteiger partial charge is 0.240 e. The van der Waals surface area contributed by atoms with Crippen LogP contribution in [0.2, 0.25) is 0 Å². The zero-order valence-corrected chi connectivity index (χ0v) is 17.5. The number of ether oxygens (including phenoxy) is 1. The number of aryl methyl sites for hydroxylation is 2. The number of aromatic nitrogens is 4. The summed E-state index contributed by atoms with van der Waals surface area (Å²) in [6.45, 7) is 4.63. The summed E-state index contributed by atoms with van der Waals surface area (Å²) >= 11 is 1.35. The van der Waals surface area contributed by atoms with Crippen LogP contribution in [0.5, 0.6) is 5.75 Å². The molecular formula is C21H23N5O2S. The van der Waals surface area contributed by atoms with E-state index in [0.717, 1.165) is 36.3 Å². The van der Waals surface area contributed by atoms with E-state index < -0.39 is 0 Å². The van der Waals surface area contributed by atoms with Crippen LogP contribution in [-0.4, -0.2) is 45.0 Å². The molecule has 3 aromatic rings. The van der Waals surface area contributed by atoms with Crippen LogP contribution in [0.3, 0.4) is 0 Å². The molecule has 0 bridgehead atoms. The molecule has 1 atom stereocenters. The van der Waals surface area contributed by atoms with Crippen LogP contribution in [-0.2, 0) is 11.2 Å². The van der Waals surface area contributed by atoms with E-state index >= 15 is 0 Å². The lowest BCUT2D eigenvalue weighted by Gasteiger charge is -2.31. The molecule has 1 aliphatic heterocycles. The summed E-state index contributed by atoms with van der Waals surface area (Å²) in [4.78, 5) is 15.1. The number of thioether (sulfide) groups is 1.